The van der Waals surface area contributed by atoms with Crippen LogP contribution in [0.15, 0.2) is 12.2 Å². The molecule has 0 aromatic rings. The fourth-order valence-electron chi connectivity index (χ4n) is 2.95. The monoisotopic (exact) mass is 307 g/mol. The zero-order valence-electron chi connectivity index (χ0n) is 15.6. The van der Waals surface area contributed by atoms with Gasteiger partial charge in [-0.05, 0) is 25.7 Å². The lowest BCUT2D eigenvalue weighted by molar-refractivity contribution is 0.545. The van der Waals surface area contributed by atoms with Crippen molar-refractivity contribution < 1.29 is 0 Å². The van der Waals surface area contributed by atoms with Gasteiger partial charge < -0.3 is 0 Å². The molecule has 0 rings (SSSR count). The maximum absolute atomic E-state index is 3.88. The van der Waals surface area contributed by atoms with Crippen LogP contribution in [0.2, 0.25) is 0 Å². The SMILES string of the molecule is [CH2]CCCCCC=CCCCCCCCCCCCCCC. The predicted octanol–water partition coefficient (Wildman–Crippen LogP) is 8.42. The van der Waals surface area contributed by atoms with E-state index in [-0.39, 0.29) is 0 Å². The van der Waals surface area contributed by atoms with Gasteiger partial charge in [0.05, 0.1) is 0 Å². The van der Waals surface area contributed by atoms with Crippen LogP contribution in [-0.2, 0) is 0 Å². The average molecular weight is 308 g/mol. The Bertz CT molecular complexity index is 204. The van der Waals surface area contributed by atoms with Crippen LogP contribution >= 0.6 is 0 Å². The third-order valence-corrected chi connectivity index (χ3v) is 4.51. The molecule has 0 aromatic heterocycles. The molecule has 0 bridgehead atoms. The molecule has 22 heavy (non-hydrogen) atoms. The Hall–Kier alpha value is -0.260. The summed E-state index contributed by atoms with van der Waals surface area (Å²) in [6.45, 7) is 6.17. The summed E-state index contributed by atoms with van der Waals surface area (Å²) in [5, 5.41) is 0. The summed E-state index contributed by atoms with van der Waals surface area (Å²) in [5.74, 6) is 0. The Balaban J connectivity index is 3.00. The molecule has 0 spiro atoms. The molecule has 0 saturated heterocycles. The van der Waals surface area contributed by atoms with Crippen molar-refractivity contribution in [2.24, 2.45) is 0 Å². The molecular formula is C22H43. The first-order valence-electron chi connectivity index (χ1n) is 10.4. The average Bonchev–Trinajstić information content (AvgIpc) is 2.54. The summed E-state index contributed by atoms with van der Waals surface area (Å²) < 4.78 is 0. The Morgan fingerprint density at radius 2 is 0.864 bits per heavy atom. The molecule has 0 N–H and O–H groups in total. The first-order chi connectivity index (χ1) is 10.9. The molecule has 0 aliphatic carbocycles. The van der Waals surface area contributed by atoms with Crippen molar-refractivity contribution in [3.63, 3.8) is 0 Å². The van der Waals surface area contributed by atoms with Crippen molar-refractivity contribution in [1.82, 2.24) is 0 Å². The van der Waals surface area contributed by atoms with E-state index in [0.717, 1.165) is 6.42 Å². The van der Waals surface area contributed by atoms with Gasteiger partial charge in [0.15, 0.2) is 0 Å². The first kappa shape index (κ1) is 21.7. The molecule has 0 heteroatoms. The minimum atomic E-state index is 1.10. The summed E-state index contributed by atoms with van der Waals surface area (Å²) in [6.07, 6.45) is 29.8. The highest BCUT2D eigenvalue weighted by atomic mass is 14.0. The smallest absolute Gasteiger partial charge is 0.0351 e. The third-order valence-electron chi connectivity index (χ3n) is 4.51. The quantitative estimate of drug-likeness (QED) is 0.176. The van der Waals surface area contributed by atoms with Crippen LogP contribution in [0, 0.1) is 6.92 Å². The number of hydrogen-bond donors (Lipinski definition) is 0. The molecule has 0 aliphatic rings. The lowest BCUT2D eigenvalue weighted by Gasteiger charge is -2.02. The van der Waals surface area contributed by atoms with Crippen molar-refractivity contribution in [3.8, 4) is 0 Å². The number of unbranched alkanes of at least 4 members (excludes halogenated alkanes) is 16. The third kappa shape index (κ3) is 19.7. The van der Waals surface area contributed by atoms with Crippen molar-refractivity contribution in [2.45, 2.75) is 122 Å². The zero-order valence-corrected chi connectivity index (χ0v) is 15.6. The van der Waals surface area contributed by atoms with Crippen LogP contribution in [0.1, 0.15) is 122 Å². The van der Waals surface area contributed by atoms with Crippen LogP contribution in [0.25, 0.3) is 0 Å². The van der Waals surface area contributed by atoms with E-state index in [1.165, 1.54) is 109 Å². The van der Waals surface area contributed by atoms with E-state index < -0.39 is 0 Å². The standard InChI is InChI=1S/C22H43/c1-3-5-7-9-11-13-15-17-19-21-22-20-18-16-14-12-10-8-6-4-2/h13,15H,1,3-12,14,16-22H2,2H3. The van der Waals surface area contributed by atoms with E-state index in [1.807, 2.05) is 0 Å². The Kier molecular flexibility index (Phi) is 20.5. The van der Waals surface area contributed by atoms with Gasteiger partial charge in [0.2, 0.25) is 0 Å². The second-order valence-electron chi connectivity index (χ2n) is 6.85. The van der Waals surface area contributed by atoms with Gasteiger partial charge in [-0.25, -0.2) is 0 Å². The van der Waals surface area contributed by atoms with Gasteiger partial charge in [-0.2, -0.15) is 0 Å². The van der Waals surface area contributed by atoms with Crippen molar-refractivity contribution >= 4 is 0 Å². The van der Waals surface area contributed by atoms with E-state index in [0.29, 0.717) is 0 Å². The van der Waals surface area contributed by atoms with E-state index in [9.17, 15) is 0 Å². The molecule has 0 atom stereocenters. The maximum atomic E-state index is 3.88. The van der Waals surface area contributed by atoms with Gasteiger partial charge in [-0.1, -0.05) is 116 Å². The molecule has 0 unspecified atom stereocenters. The molecule has 0 heterocycles. The molecule has 0 aliphatic heterocycles. The van der Waals surface area contributed by atoms with Crippen LogP contribution in [0.5, 0.6) is 0 Å². The molecule has 131 valence electrons. The maximum Gasteiger partial charge on any atom is -0.0351 e. The Morgan fingerprint density at radius 3 is 1.27 bits per heavy atom. The highest BCUT2D eigenvalue weighted by Crippen LogP contribution is 2.12. The second kappa shape index (κ2) is 20.7. The molecule has 0 aromatic carbocycles. The van der Waals surface area contributed by atoms with E-state index in [2.05, 4.69) is 26.0 Å². The highest BCUT2D eigenvalue weighted by Gasteiger charge is 1.93. The molecular weight excluding hydrogens is 264 g/mol. The van der Waals surface area contributed by atoms with Crippen LogP contribution < -0.4 is 0 Å². The van der Waals surface area contributed by atoms with Gasteiger partial charge in [-0.3, -0.25) is 0 Å². The second-order valence-corrected chi connectivity index (χ2v) is 6.85. The summed E-state index contributed by atoms with van der Waals surface area (Å²) >= 11 is 0. The van der Waals surface area contributed by atoms with Gasteiger partial charge in [-0.15, -0.1) is 0 Å². The van der Waals surface area contributed by atoms with E-state index in [1.54, 1.807) is 0 Å². The first-order valence-corrected chi connectivity index (χ1v) is 10.4. The van der Waals surface area contributed by atoms with Crippen LogP contribution in [0.4, 0.5) is 0 Å². The number of rotatable bonds is 18. The summed E-state index contributed by atoms with van der Waals surface area (Å²) in [6, 6.07) is 0. The van der Waals surface area contributed by atoms with Gasteiger partial charge in [0.25, 0.3) is 0 Å². The van der Waals surface area contributed by atoms with E-state index >= 15 is 0 Å². The Morgan fingerprint density at radius 1 is 0.500 bits per heavy atom. The van der Waals surface area contributed by atoms with Crippen molar-refractivity contribution in [2.75, 3.05) is 0 Å². The fraction of sp³-hybridized carbons (Fsp3) is 0.864. The number of allylic oxidation sites excluding steroid dienone is 2. The van der Waals surface area contributed by atoms with Crippen LogP contribution in [0.3, 0.4) is 0 Å². The molecule has 0 nitrogen and oxygen atoms in total. The van der Waals surface area contributed by atoms with Crippen molar-refractivity contribution in [3.05, 3.63) is 19.1 Å². The summed E-state index contributed by atoms with van der Waals surface area (Å²) in [7, 11) is 0. The minimum absolute atomic E-state index is 1.10. The Labute approximate surface area is 142 Å². The van der Waals surface area contributed by atoms with Gasteiger partial charge in [0, 0.05) is 0 Å². The van der Waals surface area contributed by atoms with Gasteiger partial charge in [0.1, 0.15) is 0 Å². The normalized spacial score (nSPS) is 11.5. The fourth-order valence-corrected chi connectivity index (χ4v) is 2.95. The molecule has 1 radical (unpaired) electrons. The zero-order chi connectivity index (χ0) is 16.1. The molecule has 0 fully saturated rings. The summed E-state index contributed by atoms with van der Waals surface area (Å²) in [5.41, 5.74) is 0. The van der Waals surface area contributed by atoms with Crippen LogP contribution in [-0.4, -0.2) is 0 Å². The lowest BCUT2D eigenvalue weighted by atomic mass is 10.0. The minimum Gasteiger partial charge on any atom is -0.0885 e. The summed E-state index contributed by atoms with van der Waals surface area (Å²) in [4.78, 5) is 0. The van der Waals surface area contributed by atoms with E-state index in [4.69, 9.17) is 0 Å². The topological polar surface area (TPSA) is 0 Å². The number of hydrogen-bond acceptors (Lipinski definition) is 0. The molecule has 0 saturated carbocycles. The van der Waals surface area contributed by atoms with Gasteiger partial charge >= 0.3 is 0 Å². The molecule has 0 amide bonds. The highest BCUT2D eigenvalue weighted by molar-refractivity contribution is 4.81. The predicted molar refractivity (Wildman–Crippen MR) is 103 cm³/mol. The largest absolute Gasteiger partial charge is 0.0885 e. The lowest BCUT2D eigenvalue weighted by Crippen LogP contribution is -1.82. The van der Waals surface area contributed by atoms with Crippen molar-refractivity contribution in [1.29, 1.82) is 0 Å².